The van der Waals surface area contributed by atoms with Crippen LogP contribution in [-0.4, -0.2) is 4.92 Å². The summed E-state index contributed by atoms with van der Waals surface area (Å²) >= 11 is 11.8. The fourth-order valence-corrected chi connectivity index (χ4v) is 2.10. The lowest BCUT2D eigenvalue weighted by atomic mass is 10.1. The van der Waals surface area contributed by atoms with Crippen molar-refractivity contribution in [2.24, 2.45) is 0 Å². The molecule has 0 aliphatic rings. The number of anilines is 1. The average molecular weight is 311 g/mol. The van der Waals surface area contributed by atoms with Crippen molar-refractivity contribution in [2.75, 3.05) is 5.32 Å². The van der Waals surface area contributed by atoms with Crippen molar-refractivity contribution in [3.63, 3.8) is 0 Å². The van der Waals surface area contributed by atoms with Crippen LogP contribution in [0.2, 0.25) is 10.0 Å². The predicted molar refractivity (Wildman–Crippen MR) is 81.6 cm³/mol. The normalized spacial score (nSPS) is 10.3. The first-order valence-corrected chi connectivity index (χ1v) is 6.66. The molecule has 0 saturated carbocycles. The molecule has 1 N–H and O–H groups in total. The van der Waals surface area contributed by atoms with Gasteiger partial charge in [-0.2, -0.15) is 0 Å². The van der Waals surface area contributed by atoms with Gasteiger partial charge in [0.15, 0.2) is 0 Å². The Morgan fingerprint density at radius 1 is 1.20 bits per heavy atom. The SMILES string of the molecule is Cc1ccc(NCc2ccc(Cl)cc2[N+](=O)[O-])cc1Cl. The zero-order valence-corrected chi connectivity index (χ0v) is 12.2. The van der Waals surface area contributed by atoms with Crippen LogP contribution >= 0.6 is 23.2 Å². The number of nitrogens with zero attached hydrogens (tertiary/aromatic N) is 1. The fraction of sp³-hybridized carbons (Fsp3) is 0.143. The Kier molecular flexibility index (Phi) is 4.47. The van der Waals surface area contributed by atoms with E-state index in [1.54, 1.807) is 18.2 Å². The van der Waals surface area contributed by atoms with E-state index in [-0.39, 0.29) is 5.69 Å². The number of nitro groups is 1. The first-order valence-electron chi connectivity index (χ1n) is 5.90. The molecule has 4 nitrogen and oxygen atoms in total. The fourth-order valence-electron chi connectivity index (χ4n) is 1.76. The smallest absolute Gasteiger partial charge is 0.275 e. The Morgan fingerprint density at radius 3 is 2.60 bits per heavy atom. The second-order valence-electron chi connectivity index (χ2n) is 4.35. The van der Waals surface area contributed by atoms with Crippen LogP contribution in [0.5, 0.6) is 0 Å². The summed E-state index contributed by atoms with van der Waals surface area (Å²) in [5.41, 5.74) is 2.36. The van der Waals surface area contributed by atoms with Crippen molar-refractivity contribution in [1.29, 1.82) is 0 Å². The van der Waals surface area contributed by atoms with Crippen LogP contribution in [0.4, 0.5) is 11.4 Å². The van der Waals surface area contributed by atoms with E-state index < -0.39 is 4.92 Å². The molecule has 0 aliphatic carbocycles. The van der Waals surface area contributed by atoms with E-state index in [0.29, 0.717) is 22.2 Å². The van der Waals surface area contributed by atoms with Crippen LogP contribution in [-0.2, 0) is 6.54 Å². The van der Waals surface area contributed by atoms with Crippen LogP contribution in [0.3, 0.4) is 0 Å². The number of hydrogen-bond donors (Lipinski definition) is 1. The molecule has 0 saturated heterocycles. The third-order valence-corrected chi connectivity index (χ3v) is 3.54. The molecule has 0 heterocycles. The lowest BCUT2D eigenvalue weighted by Gasteiger charge is -2.08. The summed E-state index contributed by atoms with van der Waals surface area (Å²) in [6, 6.07) is 10.2. The highest BCUT2D eigenvalue weighted by Crippen LogP contribution is 2.25. The molecule has 0 radical (unpaired) electrons. The number of halogens is 2. The van der Waals surface area contributed by atoms with E-state index in [0.717, 1.165) is 11.3 Å². The Hall–Kier alpha value is -1.78. The number of hydrogen-bond acceptors (Lipinski definition) is 3. The molecule has 0 atom stereocenters. The highest BCUT2D eigenvalue weighted by Gasteiger charge is 2.13. The van der Waals surface area contributed by atoms with Gasteiger partial charge in [0.2, 0.25) is 0 Å². The Labute approximate surface area is 126 Å². The molecule has 0 amide bonds. The van der Waals surface area contributed by atoms with E-state index in [2.05, 4.69) is 5.32 Å². The quantitative estimate of drug-likeness (QED) is 0.650. The molecule has 20 heavy (non-hydrogen) atoms. The number of nitro benzene ring substituents is 1. The van der Waals surface area contributed by atoms with Gasteiger partial charge in [-0.3, -0.25) is 10.1 Å². The molecule has 0 aliphatic heterocycles. The highest BCUT2D eigenvalue weighted by atomic mass is 35.5. The Morgan fingerprint density at radius 2 is 1.95 bits per heavy atom. The third-order valence-electron chi connectivity index (χ3n) is 2.90. The molecule has 2 aromatic carbocycles. The van der Waals surface area contributed by atoms with E-state index in [1.165, 1.54) is 6.07 Å². The van der Waals surface area contributed by atoms with Gasteiger partial charge in [-0.25, -0.2) is 0 Å². The average Bonchev–Trinajstić information content (AvgIpc) is 2.41. The van der Waals surface area contributed by atoms with Crippen LogP contribution < -0.4 is 5.32 Å². The molecule has 0 aromatic heterocycles. The first-order chi connectivity index (χ1) is 9.47. The summed E-state index contributed by atoms with van der Waals surface area (Å²) in [6.45, 7) is 2.24. The van der Waals surface area contributed by atoms with E-state index in [9.17, 15) is 10.1 Å². The Balaban J connectivity index is 2.18. The van der Waals surface area contributed by atoms with E-state index in [1.807, 2.05) is 19.1 Å². The topological polar surface area (TPSA) is 55.2 Å². The first kappa shape index (κ1) is 14.6. The minimum Gasteiger partial charge on any atom is -0.381 e. The maximum Gasteiger partial charge on any atom is 0.275 e. The molecule has 0 unspecified atom stereocenters. The van der Waals surface area contributed by atoms with Gasteiger partial charge in [-0.1, -0.05) is 29.3 Å². The number of nitrogens with one attached hydrogen (secondary N) is 1. The summed E-state index contributed by atoms with van der Waals surface area (Å²) < 4.78 is 0. The third kappa shape index (κ3) is 3.40. The molecule has 0 fully saturated rings. The van der Waals surface area contributed by atoms with Crippen molar-refractivity contribution >= 4 is 34.6 Å². The van der Waals surface area contributed by atoms with Gasteiger partial charge >= 0.3 is 0 Å². The molecule has 104 valence electrons. The molecule has 2 aromatic rings. The van der Waals surface area contributed by atoms with Gasteiger partial charge in [-0.15, -0.1) is 0 Å². The standard InChI is InChI=1S/C14H12Cl2N2O2/c1-9-2-5-12(7-13(9)16)17-8-10-3-4-11(15)6-14(10)18(19)20/h2-7,17H,8H2,1H3. The summed E-state index contributed by atoms with van der Waals surface area (Å²) in [5.74, 6) is 0. The van der Waals surface area contributed by atoms with Crippen LogP contribution in [0.25, 0.3) is 0 Å². The predicted octanol–water partition coefficient (Wildman–Crippen LogP) is 4.82. The molecule has 6 heteroatoms. The molecular formula is C14H12Cl2N2O2. The molecule has 0 spiro atoms. The summed E-state index contributed by atoms with van der Waals surface area (Å²) in [7, 11) is 0. The highest BCUT2D eigenvalue weighted by molar-refractivity contribution is 6.31. The van der Waals surface area contributed by atoms with Crippen molar-refractivity contribution in [3.05, 3.63) is 67.7 Å². The molecule has 2 rings (SSSR count). The summed E-state index contributed by atoms with van der Waals surface area (Å²) in [4.78, 5) is 10.5. The monoisotopic (exact) mass is 310 g/mol. The molecule has 0 bridgehead atoms. The Bertz CT molecular complexity index is 660. The van der Waals surface area contributed by atoms with Gasteiger partial charge in [0, 0.05) is 33.9 Å². The van der Waals surface area contributed by atoms with E-state index in [4.69, 9.17) is 23.2 Å². The zero-order valence-electron chi connectivity index (χ0n) is 10.7. The number of rotatable bonds is 4. The van der Waals surface area contributed by atoms with Gasteiger partial charge < -0.3 is 5.32 Å². The van der Waals surface area contributed by atoms with Crippen LogP contribution in [0.1, 0.15) is 11.1 Å². The van der Waals surface area contributed by atoms with Crippen molar-refractivity contribution in [3.8, 4) is 0 Å². The van der Waals surface area contributed by atoms with Crippen LogP contribution in [0.15, 0.2) is 36.4 Å². The van der Waals surface area contributed by atoms with Gasteiger partial charge in [0.1, 0.15) is 0 Å². The summed E-state index contributed by atoms with van der Waals surface area (Å²) in [5, 5.41) is 15.1. The van der Waals surface area contributed by atoms with Gasteiger partial charge in [0.05, 0.1) is 4.92 Å². The molecular weight excluding hydrogens is 299 g/mol. The second kappa shape index (κ2) is 6.11. The second-order valence-corrected chi connectivity index (χ2v) is 5.19. The van der Waals surface area contributed by atoms with Gasteiger partial charge in [0.25, 0.3) is 5.69 Å². The zero-order chi connectivity index (χ0) is 14.7. The van der Waals surface area contributed by atoms with Crippen molar-refractivity contribution < 1.29 is 4.92 Å². The summed E-state index contributed by atoms with van der Waals surface area (Å²) in [6.07, 6.45) is 0. The maximum atomic E-state index is 11.0. The van der Waals surface area contributed by atoms with E-state index >= 15 is 0 Å². The van der Waals surface area contributed by atoms with Crippen LogP contribution in [0, 0.1) is 17.0 Å². The largest absolute Gasteiger partial charge is 0.381 e. The minimum atomic E-state index is -0.439. The minimum absolute atomic E-state index is 0.00297. The van der Waals surface area contributed by atoms with Crippen molar-refractivity contribution in [1.82, 2.24) is 0 Å². The lowest BCUT2D eigenvalue weighted by Crippen LogP contribution is -2.03. The van der Waals surface area contributed by atoms with Crippen molar-refractivity contribution in [2.45, 2.75) is 13.5 Å². The number of aryl methyl sites for hydroxylation is 1. The van der Waals surface area contributed by atoms with Gasteiger partial charge in [-0.05, 0) is 36.8 Å². The lowest BCUT2D eigenvalue weighted by molar-refractivity contribution is -0.385. The number of benzene rings is 2. The maximum absolute atomic E-state index is 11.0.